The van der Waals surface area contributed by atoms with Gasteiger partial charge in [-0.1, -0.05) is 12.1 Å². The molecule has 1 saturated heterocycles. The Kier molecular flexibility index (Phi) is 6.86. The Morgan fingerprint density at radius 3 is 2.76 bits per heavy atom. The van der Waals surface area contributed by atoms with Gasteiger partial charge in [0.1, 0.15) is 5.75 Å². The van der Waals surface area contributed by atoms with Gasteiger partial charge in [0.25, 0.3) is 0 Å². The van der Waals surface area contributed by atoms with Gasteiger partial charge in [-0.25, -0.2) is 4.79 Å². The molecule has 1 fully saturated rings. The van der Waals surface area contributed by atoms with Gasteiger partial charge in [-0.05, 0) is 68.9 Å². The highest BCUT2D eigenvalue weighted by molar-refractivity contribution is 5.87. The van der Waals surface area contributed by atoms with E-state index < -0.39 is 5.97 Å². The molecule has 154 valence electrons. The second-order valence-electron chi connectivity index (χ2n) is 7.55. The normalized spacial score (nSPS) is 17.8. The second kappa shape index (κ2) is 9.54. The summed E-state index contributed by atoms with van der Waals surface area (Å²) in [6.07, 6.45) is 5.74. The number of likely N-dealkylation sites (tertiary alicyclic amines) is 1. The molecule has 1 aliphatic rings. The lowest BCUT2D eigenvalue weighted by Gasteiger charge is -2.37. The maximum Gasteiger partial charge on any atom is 0.335 e. The van der Waals surface area contributed by atoms with Crippen molar-refractivity contribution in [1.29, 1.82) is 0 Å². The first-order valence-electron chi connectivity index (χ1n) is 10.1. The molecule has 1 N–H and O–H groups in total. The molecule has 0 aliphatic carbocycles. The zero-order chi connectivity index (χ0) is 20.8. The Morgan fingerprint density at radius 1 is 1.31 bits per heavy atom. The molecule has 1 aromatic carbocycles. The molecule has 2 atom stereocenters. The summed E-state index contributed by atoms with van der Waals surface area (Å²) in [5.74, 6) is 0.0996. The number of benzene rings is 1. The number of ether oxygens (including phenoxy) is 1. The highest BCUT2D eigenvalue weighted by atomic mass is 16.5. The predicted octanol–water partition coefficient (Wildman–Crippen LogP) is 4.11. The van der Waals surface area contributed by atoms with E-state index >= 15 is 0 Å². The lowest BCUT2D eigenvalue weighted by Crippen LogP contribution is -2.42. The molecule has 0 saturated carbocycles. The first kappa shape index (κ1) is 20.8. The zero-order valence-electron chi connectivity index (χ0n) is 17.0. The summed E-state index contributed by atoms with van der Waals surface area (Å²) in [7, 11) is 1.64. The summed E-state index contributed by atoms with van der Waals surface area (Å²) in [5, 5.41) is 9.09. The van der Waals surface area contributed by atoms with E-state index in [2.05, 4.69) is 11.9 Å². The number of methoxy groups -OCH3 is 1. The number of carbonyl (C=O) groups is 2. The number of amides is 1. The number of piperidine rings is 1. The molecule has 2 aromatic rings. The molecule has 1 amide bonds. The van der Waals surface area contributed by atoms with Crippen molar-refractivity contribution in [3.05, 3.63) is 59.4 Å². The van der Waals surface area contributed by atoms with Crippen LogP contribution < -0.4 is 4.74 Å². The molecule has 2 heterocycles. The first-order chi connectivity index (χ1) is 14.0. The molecular weight excluding hydrogens is 368 g/mol. The Balaban J connectivity index is 1.57. The van der Waals surface area contributed by atoms with Crippen molar-refractivity contribution in [1.82, 2.24) is 9.88 Å². The van der Waals surface area contributed by atoms with Crippen LogP contribution in [0.1, 0.15) is 60.3 Å². The molecule has 1 aliphatic heterocycles. The van der Waals surface area contributed by atoms with Crippen LogP contribution in [0.25, 0.3) is 0 Å². The number of hydrogen-bond acceptors (Lipinski definition) is 4. The summed E-state index contributed by atoms with van der Waals surface area (Å²) in [5.41, 5.74) is 2.12. The van der Waals surface area contributed by atoms with Crippen molar-refractivity contribution < 1.29 is 19.4 Å². The second-order valence-corrected chi connectivity index (χ2v) is 7.55. The minimum Gasteiger partial charge on any atom is -0.497 e. The Morgan fingerprint density at radius 2 is 2.07 bits per heavy atom. The average molecular weight is 396 g/mol. The van der Waals surface area contributed by atoms with Crippen molar-refractivity contribution >= 4 is 11.9 Å². The van der Waals surface area contributed by atoms with Crippen LogP contribution in [0.4, 0.5) is 0 Å². The fourth-order valence-electron chi connectivity index (χ4n) is 3.97. The van der Waals surface area contributed by atoms with E-state index in [9.17, 15) is 9.59 Å². The minimum atomic E-state index is -0.945. The number of aryl methyl sites for hydroxylation is 1. The fraction of sp³-hybridized carbons (Fsp3) is 0.435. The van der Waals surface area contributed by atoms with Crippen LogP contribution in [0.3, 0.4) is 0 Å². The molecule has 0 radical (unpaired) electrons. The molecular formula is C23H28N2O4. The molecule has 0 spiro atoms. The van der Waals surface area contributed by atoms with Gasteiger partial charge in [-0.3, -0.25) is 9.78 Å². The van der Waals surface area contributed by atoms with Gasteiger partial charge in [0.2, 0.25) is 5.91 Å². The van der Waals surface area contributed by atoms with Gasteiger partial charge < -0.3 is 14.7 Å². The summed E-state index contributed by atoms with van der Waals surface area (Å²) < 4.78 is 5.22. The zero-order valence-corrected chi connectivity index (χ0v) is 17.0. The summed E-state index contributed by atoms with van der Waals surface area (Å²) in [6, 6.07) is 11.0. The standard InChI is InChI=1S/C23H28N2O4/c1-16(17-8-10-21(29-2)11-9-17)25-14-4-6-18(22(25)26)5-3-7-20-15-19(23(27)28)12-13-24-20/h8-13,15-16,18H,3-7,14H2,1-2H3,(H,27,28)/t16-,18+/m1/s1. The number of nitrogens with zero attached hydrogens (tertiary/aromatic N) is 2. The van der Waals surface area contributed by atoms with Gasteiger partial charge in [0.15, 0.2) is 0 Å². The third-order valence-corrected chi connectivity index (χ3v) is 5.70. The Hall–Kier alpha value is -2.89. The Bertz CT molecular complexity index is 850. The van der Waals surface area contributed by atoms with Crippen LogP contribution in [0.2, 0.25) is 0 Å². The van der Waals surface area contributed by atoms with Gasteiger partial charge in [-0.15, -0.1) is 0 Å². The molecule has 3 rings (SSSR count). The maximum atomic E-state index is 13.1. The number of rotatable bonds is 8. The number of carbonyl (C=O) groups excluding carboxylic acids is 1. The molecule has 6 heteroatoms. The van der Waals surface area contributed by atoms with Crippen molar-refractivity contribution in [2.45, 2.75) is 45.1 Å². The lowest BCUT2D eigenvalue weighted by atomic mass is 9.90. The number of pyridine rings is 1. The summed E-state index contributed by atoms with van der Waals surface area (Å²) >= 11 is 0. The average Bonchev–Trinajstić information content (AvgIpc) is 2.75. The van der Waals surface area contributed by atoms with Crippen LogP contribution in [0.15, 0.2) is 42.6 Å². The van der Waals surface area contributed by atoms with Crippen molar-refractivity contribution in [2.75, 3.05) is 13.7 Å². The number of carboxylic acid groups (broad SMARTS) is 1. The monoisotopic (exact) mass is 396 g/mol. The van der Waals surface area contributed by atoms with E-state index in [1.165, 1.54) is 12.3 Å². The van der Waals surface area contributed by atoms with E-state index in [1.807, 2.05) is 29.2 Å². The quantitative estimate of drug-likeness (QED) is 0.726. The number of aromatic nitrogens is 1. The van der Waals surface area contributed by atoms with Crippen molar-refractivity contribution in [3.8, 4) is 5.75 Å². The van der Waals surface area contributed by atoms with Crippen LogP contribution in [-0.4, -0.2) is 40.5 Å². The van der Waals surface area contributed by atoms with E-state index in [0.717, 1.165) is 49.2 Å². The van der Waals surface area contributed by atoms with Crippen LogP contribution >= 0.6 is 0 Å². The highest BCUT2D eigenvalue weighted by Gasteiger charge is 2.31. The van der Waals surface area contributed by atoms with E-state index in [0.29, 0.717) is 6.42 Å². The topological polar surface area (TPSA) is 79.7 Å². The molecule has 29 heavy (non-hydrogen) atoms. The van der Waals surface area contributed by atoms with Crippen LogP contribution in [0, 0.1) is 5.92 Å². The van der Waals surface area contributed by atoms with E-state index in [4.69, 9.17) is 9.84 Å². The molecule has 1 aromatic heterocycles. The Labute approximate surface area is 171 Å². The SMILES string of the molecule is COc1ccc([C@@H](C)N2CCC[C@H](CCCc3cc(C(=O)O)ccn3)C2=O)cc1. The van der Waals surface area contributed by atoms with Crippen molar-refractivity contribution in [3.63, 3.8) is 0 Å². The molecule has 0 bridgehead atoms. The highest BCUT2D eigenvalue weighted by Crippen LogP contribution is 2.30. The maximum absolute atomic E-state index is 13.1. The lowest BCUT2D eigenvalue weighted by molar-refractivity contribution is -0.141. The molecule has 6 nitrogen and oxygen atoms in total. The third kappa shape index (κ3) is 5.13. The van der Waals surface area contributed by atoms with E-state index in [-0.39, 0.29) is 23.4 Å². The number of carboxylic acids is 1. The summed E-state index contributed by atoms with van der Waals surface area (Å²) in [4.78, 5) is 30.4. The molecule has 0 unspecified atom stereocenters. The minimum absolute atomic E-state index is 0.0205. The smallest absolute Gasteiger partial charge is 0.335 e. The third-order valence-electron chi connectivity index (χ3n) is 5.70. The van der Waals surface area contributed by atoms with Gasteiger partial charge in [0, 0.05) is 24.4 Å². The van der Waals surface area contributed by atoms with Gasteiger partial charge in [0.05, 0.1) is 18.7 Å². The summed E-state index contributed by atoms with van der Waals surface area (Å²) in [6.45, 7) is 2.86. The largest absolute Gasteiger partial charge is 0.497 e. The first-order valence-corrected chi connectivity index (χ1v) is 10.1. The van der Waals surface area contributed by atoms with Crippen LogP contribution in [0.5, 0.6) is 5.75 Å². The number of hydrogen-bond donors (Lipinski definition) is 1. The van der Waals surface area contributed by atoms with Gasteiger partial charge >= 0.3 is 5.97 Å². The van der Waals surface area contributed by atoms with Crippen LogP contribution in [-0.2, 0) is 11.2 Å². The predicted molar refractivity (Wildman–Crippen MR) is 110 cm³/mol. The van der Waals surface area contributed by atoms with Gasteiger partial charge in [-0.2, -0.15) is 0 Å². The number of aromatic carboxylic acids is 1. The van der Waals surface area contributed by atoms with E-state index in [1.54, 1.807) is 13.2 Å². The fourth-order valence-corrected chi connectivity index (χ4v) is 3.97. The van der Waals surface area contributed by atoms with Crippen molar-refractivity contribution in [2.24, 2.45) is 5.92 Å².